The van der Waals surface area contributed by atoms with E-state index in [2.05, 4.69) is 16.8 Å². The minimum absolute atomic E-state index is 0.115. The normalized spacial score (nSPS) is 21.3. The van der Waals surface area contributed by atoms with Gasteiger partial charge in [0.1, 0.15) is 24.8 Å². The van der Waals surface area contributed by atoms with E-state index in [0.717, 1.165) is 30.6 Å². The van der Waals surface area contributed by atoms with E-state index in [4.69, 9.17) is 24.0 Å². The molecule has 20 heteroatoms. The maximum atomic E-state index is 13.2. The Bertz CT molecular complexity index is 1470. The maximum Gasteiger partial charge on any atom is 0.525 e. The topological polar surface area (TPSA) is 276 Å². The number of rotatable bonds is 28. The number of cyclic esters (lactones) is 1. The van der Waals surface area contributed by atoms with Gasteiger partial charge in [-0.1, -0.05) is 90.4 Å². The van der Waals surface area contributed by atoms with Crippen molar-refractivity contribution in [2.45, 2.75) is 159 Å². The van der Waals surface area contributed by atoms with Crippen LogP contribution in [0.25, 0.3) is 0 Å². The van der Waals surface area contributed by atoms with E-state index in [1.165, 1.54) is 62.7 Å². The predicted octanol–water partition coefficient (Wildman–Crippen LogP) is 3.13. The Hall–Kier alpha value is -3.77. The number of hydrogen-bond acceptors (Lipinski definition) is 13. The molecule has 0 bridgehead atoms. The number of carboxylic acid groups (broad SMARTS) is 1. The van der Waals surface area contributed by atoms with Gasteiger partial charge < -0.3 is 49.2 Å². The first-order chi connectivity index (χ1) is 27.6. The van der Waals surface area contributed by atoms with Crippen molar-refractivity contribution >= 4 is 43.5 Å². The van der Waals surface area contributed by atoms with Crippen LogP contribution in [0, 0.1) is 0 Å². The third-order valence-electron chi connectivity index (χ3n) is 10.4. The number of carbonyl (C=O) groups excluding carboxylic acids is 5. The number of hydrogen-bond donors (Lipinski definition) is 6. The Labute approximate surface area is 339 Å². The lowest BCUT2D eigenvalue weighted by Crippen LogP contribution is -2.52. The number of nitrogens with one attached hydrogen (secondary N) is 1. The Balaban J connectivity index is 1.41. The molecule has 3 aliphatic heterocycles. The summed E-state index contributed by atoms with van der Waals surface area (Å²) in [6, 6.07) is -2.14. The van der Waals surface area contributed by atoms with Gasteiger partial charge in [-0.25, -0.2) is 14.2 Å². The first-order valence-corrected chi connectivity index (χ1v) is 22.1. The predicted molar refractivity (Wildman–Crippen MR) is 204 cm³/mol. The number of unbranched alkanes of at least 4 members (excludes halogenated alkanes) is 13. The second-order valence-corrected chi connectivity index (χ2v) is 16.2. The first-order valence-electron chi connectivity index (χ1n) is 20.6. The number of likely N-dealkylation sites (tertiary alicyclic amines) is 2. The number of ether oxygens (including phenoxy) is 3. The molecule has 3 aliphatic rings. The van der Waals surface area contributed by atoms with E-state index in [9.17, 15) is 48.7 Å². The Morgan fingerprint density at radius 2 is 1.50 bits per heavy atom. The number of aliphatic carboxylic acids is 1. The highest BCUT2D eigenvalue weighted by atomic mass is 31.2. The lowest BCUT2D eigenvalue weighted by atomic mass is 10.0. The zero-order valence-corrected chi connectivity index (χ0v) is 34.3. The molecule has 0 aromatic rings. The second kappa shape index (κ2) is 25.0. The summed E-state index contributed by atoms with van der Waals surface area (Å²) in [5.74, 6) is -7.38. The molecule has 2 saturated heterocycles. The van der Waals surface area contributed by atoms with Crippen LogP contribution >= 0.6 is 7.82 Å². The molecule has 6 N–H and O–H groups in total. The lowest BCUT2D eigenvalue weighted by Gasteiger charge is -2.30. The maximum absolute atomic E-state index is 13.2. The average molecular weight is 848 g/mol. The summed E-state index contributed by atoms with van der Waals surface area (Å²) < 4.78 is 31.7. The molecule has 2 fully saturated rings. The fourth-order valence-electron chi connectivity index (χ4n) is 7.30. The summed E-state index contributed by atoms with van der Waals surface area (Å²) in [6.07, 6.45) is 11.9. The number of phosphoric acid groups is 1. The number of esters is 2. The highest BCUT2D eigenvalue weighted by Crippen LogP contribution is 2.42. The van der Waals surface area contributed by atoms with Gasteiger partial charge >= 0.3 is 25.7 Å². The van der Waals surface area contributed by atoms with Crippen LogP contribution in [0.1, 0.15) is 129 Å². The molecule has 0 saturated carbocycles. The first kappa shape index (κ1) is 48.6. The van der Waals surface area contributed by atoms with E-state index in [1.807, 2.05) is 0 Å². The molecule has 0 radical (unpaired) electrons. The number of phosphoric ester groups is 1. The van der Waals surface area contributed by atoms with Crippen LogP contribution in [0.4, 0.5) is 0 Å². The molecule has 0 aromatic heterocycles. The smallest absolute Gasteiger partial charge is 0.505 e. The van der Waals surface area contributed by atoms with Crippen LogP contribution in [-0.4, -0.2) is 134 Å². The van der Waals surface area contributed by atoms with Crippen molar-refractivity contribution in [3.8, 4) is 0 Å². The van der Waals surface area contributed by atoms with Crippen LogP contribution in [-0.2, 0) is 52.1 Å². The molecule has 0 aliphatic carbocycles. The third-order valence-corrected chi connectivity index (χ3v) is 10.8. The monoisotopic (exact) mass is 847 g/mol. The summed E-state index contributed by atoms with van der Waals surface area (Å²) >= 11 is 0. The van der Waals surface area contributed by atoms with E-state index < -0.39 is 111 Å². The summed E-state index contributed by atoms with van der Waals surface area (Å²) in [6.45, 7) is 1.32. The van der Waals surface area contributed by atoms with Gasteiger partial charge in [-0.2, -0.15) is 0 Å². The average Bonchev–Trinajstić information content (AvgIpc) is 3.89. The summed E-state index contributed by atoms with van der Waals surface area (Å²) in [5, 5.41) is 32.3. The summed E-state index contributed by atoms with van der Waals surface area (Å²) in [4.78, 5) is 95.7. The summed E-state index contributed by atoms with van der Waals surface area (Å²) in [7, 11) is -5.24. The molecule has 5 unspecified atom stereocenters. The molecule has 5 atom stereocenters. The highest BCUT2D eigenvalue weighted by molar-refractivity contribution is 7.46. The van der Waals surface area contributed by atoms with Crippen LogP contribution in [0.15, 0.2) is 11.5 Å². The van der Waals surface area contributed by atoms with Crippen LogP contribution in [0.5, 0.6) is 0 Å². The largest absolute Gasteiger partial charge is 0.525 e. The van der Waals surface area contributed by atoms with Gasteiger partial charge in [-0.05, 0) is 19.3 Å². The van der Waals surface area contributed by atoms with E-state index in [1.54, 1.807) is 0 Å². The Morgan fingerprint density at radius 1 is 0.897 bits per heavy atom. The number of amides is 3. The fourth-order valence-corrected chi connectivity index (χ4v) is 7.71. The Morgan fingerprint density at radius 3 is 2.09 bits per heavy atom. The van der Waals surface area contributed by atoms with Crippen LogP contribution in [0.2, 0.25) is 0 Å². The van der Waals surface area contributed by atoms with Crippen molar-refractivity contribution in [1.82, 2.24) is 15.1 Å². The third kappa shape index (κ3) is 16.5. The molecule has 19 nitrogen and oxygen atoms in total. The minimum Gasteiger partial charge on any atom is -0.505 e. The van der Waals surface area contributed by atoms with Gasteiger partial charge in [0, 0.05) is 32.5 Å². The van der Waals surface area contributed by atoms with Crippen molar-refractivity contribution in [3.63, 3.8) is 0 Å². The molecule has 330 valence electrons. The SMILES string of the molecule is CCCCCCCCCCCCCCCCOC(COC(=O)CCC(=O)NCC(=O)N1CCCC1C(=O)N1CC(O)CC1C(=O)O)C1OC(=O)C(OP(=O)(O)O)=C1O. The standard InChI is InChI=1S/C38H62N3O16P/c1-2-3-4-5-6-7-8-9-10-11-12-13-14-15-21-54-29(34-33(46)35(38(50)56-34)57-58(51,52)53)25-55-32(45)19-18-30(43)39-23-31(44)40-20-16-17-27(40)36(47)41-24-26(42)22-28(41)37(48)49/h26-29,34,42,46H,2-25H2,1H3,(H,39,43)(H,48,49)(H2,51,52,53). The highest BCUT2D eigenvalue weighted by Gasteiger charge is 2.46. The van der Waals surface area contributed by atoms with Gasteiger partial charge in [0.05, 0.1) is 19.1 Å². The number of nitrogens with zero attached hydrogens (tertiary/aromatic N) is 2. The Kier molecular flexibility index (Phi) is 20.9. The van der Waals surface area contributed by atoms with Gasteiger partial charge in [0.2, 0.25) is 17.7 Å². The van der Waals surface area contributed by atoms with Crippen molar-refractivity contribution in [3.05, 3.63) is 11.5 Å². The quantitative estimate of drug-likeness (QED) is 0.0375. The zero-order chi connectivity index (χ0) is 42.7. The number of β-amino-alcohol motifs (C(OH)–C–C–N with tert-alkyl or cyclic N) is 1. The molecule has 58 heavy (non-hydrogen) atoms. The number of carbonyl (C=O) groups is 6. The van der Waals surface area contributed by atoms with Crippen molar-refractivity contribution < 1.29 is 77.2 Å². The van der Waals surface area contributed by atoms with Gasteiger partial charge in [-0.3, -0.25) is 29.0 Å². The number of aliphatic hydroxyl groups excluding tert-OH is 2. The van der Waals surface area contributed by atoms with E-state index in [-0.39, 0.29) is 26.1 Å². The molecule has 3 amide bonds. The van der Waals surface area contributed by atoms with Crippen molar-refractivity contribution in [2.75, 3.05) is 32.8 Å². The van der Waals surface area contributed by atoms with Gasteiger partial charge in [0.25, 0.3) is 5.76 Å². The van der Waals surface area contributed by atoms with Crippen molar-refractivity contribution in [2.24, 2.45) is 0 Å². The zero-order valence-electron chi connectivity index (χ0n) is 33.4. The second-order valence-electron chi connectivity index (χ2n) is 15.1. The van der Waals surface area contributed by atoms with Crippen molar-refractivity contribution in [1.29, 1.82) is 0 Å². The van der Waals surface area contributed by atoms with E-state index >= 15 is 0 Å². The molecular formula is C38H62N3O16P. The fraction of sp³-hybridized carbons (Fsp3) is 0.789. The molecule has 3 rings (SSSR count). The molecular weight excluding hydrogens is 785 g/mol. The lowest BCUT2D eigenvalue weighted by molar-refractivity contribution is -0.159. The van der Waals surface area contributed by atoms with Gasteiger partial charge in [-0.15, -0.1) is 0 Å². The number of aliphatic hydroxyl groups is 2. The van der Waals surface area contributed by atoms with Crippen LogP contribution in [0.3, 0.4) is 0 Å². The summed E-state index contributed by atoms with van der Waals surface area (Å²) in [5.41, 5.74) is 0. The van der Waals surface area contributed by atoms with E-state index in [0.29, 0.717) is 19.3 Å². The molecule has 0 spiro atoms. The molecule has 3 heterocycles. The molecule has 0 aromatic carbocycles. The number of carboxylic acids is 1. The van der Waals surface area contributed by atoms with Gasteiger partial charge in [0.15, 0.2) is 11.9 Å². The van der Waals surface area contributed by atoms with Crippen LogP contribution < -0.4 is 5.32 Å². The minimum atomic E-state index is -5.24.